The van der Waals surface area contributed by atoms with Crippen LogP contribution in [0.25, 0.3) is 0 Å². The van der Waals surface area contributed by atoms with Gasteiger partial charge in [0, 0.05) is 13.3 Å². The Morgan fingerprint density at radius 2 is 1.79 bits per heavy atom. The Balaban J connectivity index is -0.000000266. The highest BCUT2D eigenvalue weighted by Gasteiger charge is 1.94. The Hall–Kier alpha value is -1.62. The zero-order chi connectivity index (χ0) is 12.0. The summed E-state index contributed by atoms with van der Waals surface area (Å²) in [6, 6.07) is 0. The summed E-state index contributed by atoms with van der Waals surface area (Å²) in [6.45, 7) is 9.49. The van der Waals surface area contributed by atoms with Crippen LogP contribution < -0.4 is 0 Å². The third-order valence-electron chi connectivity index (χ3n) is 1.20. The maximum atomic E-state index is 6.95. The second-order valence-electron chi connectivity index (χ2n) is 1.70. The van der Waals surface area contributed by atoms with E-state index in [1.807, 2.05) is 26.8 Å². The largest absolute Gasteiger partial charge is 0.306 e. The molecule has 0 heterocycles. The molecule has 0 aliphatic carbocycles. The number of hydrogen-bond acceptors (Lipinski definition) is 2. The number of nitrogens with one attached hydrogen (secondary N) is 1. The molecule has 2 nitrogen and oxygen atoms in total. The molecule has 0 bridgehead atoms. The van der Waals surface area contributed by atoms with Crippen molar-refractivity contribution in [2.24, 2.45) is 4.99 Å². The highest BCUT2D eigenvalue weighted by molar-refractivity contribution is 6.38. The Morgan fingerprint density at radius 3 is 1.86 bits per heavy atom. The van der Waals surface area contributed by atoms with Crippen LogP contribution in [-0.2, 0) is 0 Å². The van der Waals surface area contributed by atoms with Crippen molar-refractivity contribution in [2.75, 3.05) is 7.05 Å². The van der Waals surface area contributed by atoms with E-state index in [0.717, 1.165) is 5.57 Å². The van der Waals surface area contributed by atoms with E-state index in [0.29, 0.717) is 5.71 Å². The zero-order valence-electron chi connectivity index (χ0n) is 9.54. The first kappa shape index (κ1) is 18.2. The van der Waals surface area contributed by atoms with Crippen molar-refractivity contribution in [2.45, 2.75) is 20.8 Å². The number of hydrogen-bond donors (Lipinski definition) is 1. The molecule has 0 unspecified atom stereocenters. The molecule has 1 N–H and O–H groups in total. The van der Waals surface area contributed by atoms with Crippen molar-refractivity contribution in [3.8, 4) is 12.8 Å². The maximum Gasteiger partial charge on any atom is 0.0815 e. The third kappa shape index (κ3) is 8.48. The van der Waals surface area contributed by atoms with E-state index in [2.05, 4.69) is 24.4 Å². The molecule has 2 heteroatoms. The molecule has 0 radical (unpaired) electrons. The molecule has 0 saturated carbocycles. The topological polar surface area (TPSA) is 36.2 Å². The second-order valence-corrected chi connectivity index (χ2v) is 1.70. The summed E-state index contributed by atoms with van der Waals surface area (Å²) >= 11 is 0. The van der Waals surface area contributed by atoms with E-state index >= 15 is 0 Å². The molecule has 0 aromatic heterocycles. The first-order chi connectivity index (χ1) is 6.79. The van der Waals surface area contributed by atoms with Crippen LogP contribution in [0.1, 0.15) is 20.8 Å². The summed E-state index contributed by atoms with van der Waals surface area (Å²) in [5.74, 6) is 0. The van der Waals surface area contributed by atoms with Gasteiger partial charge in [-0.2, -0.15) is 0 Å². The fraction of sp³-hybridized carbons (Fsp3) is 0.333. The minimum absolute atomic E-state index is 0.664. The number of rotatable bonds is 3. The van der Waals surface area contributed by atoms with Gasteiger partial charge >= 0.3 is 0 Å². The van der Waals surface area contributed by atoms with Crippen molar-refractivity contribution in [1.29, 1.82) is 5.41 Å². The van der Waals surface area contributed by atoms with Crippen molar-refractivity contribution >= 4 is 11.9 Å². The average Bonchev–Trinajstić information content (AvgIpc) is 2.31. The molecule has 0 aliphatic heterocycles. The van der Waals surface area contributed by atoms with Crippen LogP contribution in [0.4, 0.5) is 0 Å². The molecule has 14 heavy (non-hydrogen) atoms. The van der Waals surface area contributed by atoms with Crippen LogP contribution >= 0.6 is 0 Å². The highest BCUT2D eigenvalue weighted by Crippen LogP contribution is 1.96. The van der Waals surface area contributed by atoms with Crippen LogP contribution in [-0.4, -0.2) is 19.0 Å². The average molecular weight is 192 g/mol. The van der Waals surface area contributed by atoms with E-state index in [9.17, 15) is 0 Å². The van der Waals surface area contributed by atoms with Crippen molar-refractivity contribution < 1.29 is 0 Å². The van der Waals surface area contributed by atoms with Gasteiger partial charge in [-0.25, -0.2) is 0 Å². The second kappa shape index (κ2) is 17.5. The summed E-state index contributed by atoms with van der Waals surface area (Å²) in [4.78, 5) is 3.88. The molecule has 78 valence electrons. The Bertz CT molecular complexity index is 198. The van der Waals surface area contributed by atoms with Gasteiger partial charge in [-0.1, -0.05) is 32.6 Å². The SMILES string of the molecule is C#C.C=C/C(=C/C)C(C=N)=NC.CC. The van der Waals surface area contributed by atoms with Gasteiger partial charge < -0.3 is 5.41 Å². The summed E-state index contributed by atoms with van der Waals surface area (Å²) in [7, 11) is 1.66. The summed E-state index contributed by atoms with van der Waals surface area (Å²) in [5, 5.41) is 6.95. The van der Waals surface area contributed by atoms with Crippen LogP contribution in [0.2, 0.25) is 0 Å². The quantitative estimate of drug-likeness (QED) is 0.405. The number of aliphatic imine (C=N–C) groups is 1. The summed E-state index contributed by atoms with van der Waals surface area (Å²) in [6.07, 6.45) is 12.8. The molecule has 0 rings (SSSR count). The van der Waals surface area contributed by atoms with Gasteiger partial charge in [0.2, 0.25) is 0 Å². The number of terminal acetylenes is 1. The predicted molar refractivity (Wildman–Crippen MR) is 67.3 cm³/mol. The lowest BCUT2D eigenvalue weighted by molar-refractivity contribution is 1.44. The van der Waals surface area contributed by atoms with Crippen molar-refractivity contribution in [1.82, 2.24) is 0 Å². The molecular weight excluding hydrogens is 172 g/mol. The smallest absolute Gasteiger partial charge is 0.0815 e. The minimum atomic E-state index is 0.664. The molecule has 0 spiro atoms. The van der Waals surface area contributed by atoms with E-state index in [1.54, 1.807) is 13.1 Å². The van der Waals surface area contributed by atoms with Gasteiger partial charge in [0.05, 0.1) is 5.71 Å². The minimum Gasteiger partial charge on any atom is -0.306 e. The van der Waals surface area contributed by atoms with Crippen LogP contribution in [0.15, 0.2) is 29.3 Å². The fourth-order valence-electron chi connectivity index (χ4n) is 0.647. The first-order valence-electron chi connectivity index (χ1n) is 4.39. The van der Waals surface area contributed by atoms with Gasteiger partial charge in [-0.15, -0.1) is 12.8 Å². The van der Waals surface area contributed by atoms with Gasteiger partial charge in [-0.05, 0) is 12.5 Å². The Kier molecular flexibility index (Phi) is 22.7. The Morgan fingerprint density at radius 1 is 1.36 bits per heavy atom. The predicted octanol–water partition coefficient (Wildman–Crippen LogP) is 3.11. The molecule has 0 fully saturated rings. The van der Waals surface area contributed by atoms with E-state index in [1.165, 1.54) is 6.21 Å². The standard InChI is InChI=1S/C8H12N2.C2H6.C2H2/c1-4-7(5-2)8(6-9)10-3;2*1-2/h4-6,9H,1H2,2-3H3;1-2H3;1-2H/b7-5-,9-6?,10-8?;;. The van der Waals surface area contributed by atoms with Crippen LogP contribution in [0.5, 0.6) is 0 Å². The van der Waals surface area contributed by atoms with Crippen molar-refractivity contribution in [3.63, 3.8) is 0 Å². The molecule has 0 saturated heterocycles. The zero-order valence-corrected chi connectivity index (χ0v) is 9.54. The summed E-state index contributed by atoms with van der Waals surface area (Å²) in [5.41, 5.74) is 1.56. The van der Waals surface area contributed by atoms with Gasteiger partial charge in [-0.3, -0.25) is 4.99 Å². The number of nitrogens with zero attached hydrogens (tertiary/aromatic N) is 1. The molecule has 0 aliphatic rings. The van der Waals surface area contributed by atoms with Gasteiger partial charge in [0.1, 0.15) is 0 Å². The van der Waals surface area contributed by atoms with E-state index in [-0.39, 0.29) is 0 Å². The fourth-order valence-corrected chi connectivity index (χ4v) is 0.647. The molecule has 0 atom stereocenters. The molecule has 0 amide bonds. The normalized spacial score (nSPS) is 9.86. The first-order valence-corrected chi connectivity index (χ1v) is 4.39. The lowest BCUT2D eigenvalue weighted by Crippen LogP contribution is -2.00. The van der Waals surface area contributed by atoms with E-state index < -0.39 is 0 Å². The van der Waals surface area contributed by atoms with Gasteiger partial charge in [0.15, 0.2) is 0 Å². The third-order valence-corrected chi connectivity index (χ3v) is 1.20. The summed E-state index contributed by atoms with van der Waals surface area (Å²) < 4.78 is 0. The number of allylic oxidation sites excluding steroid dienone is 3. The molecular formula is C12H20N2. The Labute approximate surface area is 88.0 Å². The lowest BCUT2D eigenvalue weighted by atomic mass is 10.1. The maximum absolute atomic E-state index is 6.95. The lowest BCUT2D eigenvalue weighted by Gasteiger charge is -1.96. The van der Waals surface area contributed by atoms with Gasteiger partial charge in [0.25, 0.3) is 0 Å². The van der Waals surface area contributed by atoms with Crippen molar-refractivity contribution in [3.05, 3.63) is 24.3 Å². The van der Waals surface area contributed by atoms with Crippen LogP contribution in [0, 0.1) is 18.3 Å². The van der Waals surface area contributed by atoms with E-state index in [4.69, 9.17) is 5.41 Å². The molecule has 0 aromatic carbocycles. The monoisotopic (exact) mass is 192 g/mol. The van der Waals surface area contributed by atoms with Crippen LogP contribution in [0.3, 0.4) is 0 Å². The highest BCUT2D eigenvalue weighted by atomic mass is 14.7. The molecule has 0 aromatic rings.